The summed E-state index contributed by atoms with van der Waals surface area (Å²) in [4.78, 5) is 28.4. The van der Waals surface area contributed by atoms with Crippen LogP contribution in [0.1, 0.15) is 64.1 Å². The zero-order valence-electron chi connectivity index (χ0n) is 22.1. The highest BCUT2D eigenvalue weighted by atomic mass is 19.1. The molecule has 36 heavy (non-hydrogen) atoms. The van der Waals surface area contributed by atoms with Gasteiger partial charge in [0.15, 0.2) is 0 Å². The fraction of sp³-hybridized carbons (Fsp3) is 0.808. The molecule has 5 aliphatic rings. The van der Waals surface area contributed by atoms with Crippen LogP contribution in [0.4, 0.5) is 15.0 Å². The molecular formula is C26H41FN6O3. The quantitative estimate of drug-likeness (QED) is 0.659. The maximum absolute atomic E-state index is 12.7. The highest BCUT2D eigenvalue weighted by Crippen LogP contribution is 2.36. The van der Waals surface area contributed by atoms with Crippen LogP contribution in [0.5, 0.6) is 6.01 Å². The summed E-state index contributed by atoms with van der Waals surface area (Å²) in [6, 6.07) is 1.35. The van der Waals surface area contributed by atoms with E-state index in [2.05, 4.69) is 25.1 Å². The molecule has 1 aromatic rings. The van der Waals surface area contributed by atoms with Crippen LogP contribution >= 0.6 is 0 Å². The first-order chi connectivity index (χ1) is 17.2. The van der Waals surface area contributed by atoms with E-state index in [0.29, 0.717) is 18.6 Å². The van der Waals surface area contributed by atoms with Crippen molar-refractivity contribution in [2.75, 3.05) is 44.7 Å². The zero-order chi connectivity index (χ0) is 25.4. The maximum atomic E-state index is 12.7. The number of halogens is 1. The Morgan fingerprint density at radius 2 is 1.83 bits per heavy atom. The number of aromatic nitrogens is 2. The average molecular weight is 505 g/mol. The van der Waals surface area contributed by atoms with Crippen LogP contribution in [0.25, 0.3) is 0 Å². The molecule has 0 radical (unpaired) electrons. The molecule has 0 aliphatic carbocycles. The van der Waals surface area contributed by atoms with Gasteiger partial charge in [0.05, 0.1) is 24.9 Å². The lowest BCUT2D eigenvalue weighted by Crippen LogP contribution is -2.57. The Hall–Kier alpha value is -2.20. The van der Waals surface area contributed by atoms with E-state index in [1.165, 1.54) is 18.4 Å². The predicted octanol–water partition coefficient (Wildman–Crippen LogP) is 2.91. The first-order valence-electron chi connectivity index (χ1n) is 13.5. The monoisotopic (exact) mass is 504 g/mol. The van der Waals surface area contributed by atoms with E-state index in [1.54, 1.807) is 7.11 Å². The van der Waals surface area contributed by atoms with Crippen LogP contribution < -0.4 is 15.0 Å². The van der Waals surface area contributed by atoms with E-state index in [9.17, 15) is 9.18 Å². The van der Waals surface area contributed by atoms with Gasteiger partial charge in [0, 0.05) is 37.8 Å². The van der Waals surface area contributed by atoms with E-state index in [-0.39, 0.29) is 18.2 Å². The second kappa shape index (κ2) is 10.3. The van der Waals surface area contributed by atoms with Gasteiger partial charge >= 0.3 is 12.1 Å². The van der Waals surface area contributed by atoms with Crippen molar-refractivity contribution in [3.05, 3.63) is 11.3 Å². The number of hydrogen-bond donors (Lipinski definition) is 1. The molecule has 1 N–H and O–H groups in total. The van der Waals surface area contributed by atoms with Crippen molar-refractivity contribution < 1.29 is 18.7 Å². The number of amides is 1. The van der Waals surface area contributed by atoms with E-state index in [4.69, 9.17) is 9.47 Å². The van der Waals surface area contributed by atoms with Crippen LogP contribution in [-0.2, 0) is 17.7 Å². The lowest BCUT2D eigenvalue weighted by atomic mass is 10.1. The number of rotatable bonds is 2. The molecule has 5 aliphatic heterocycles. The minimum absolute atomic E-state index is 0.164. The number of ether oxygens (including phenoxy) is 2. The summed E-state index contributed by atoms with van der Waals surface area (Å²) >= 11 is 0. The third-order valence-electron chi connectivity index (χ3n) is 7.92. The second-order valence-corrected chi connectivity index (χ2v) is 11.7. The first-order valence-corrected chi connectivity index (χ1v) is 13.5. The molecule has 0 aromatic carbocycles. The van der Waals surface area contributed by atoms with Gasteiger partial charge in [-0.2, -0.15) is 9.97 Å². The Kier molecular flexibility index (Phi) is 7.27. The molecule has 0 saturated carbocycles. The number of piperazine rings is 1. The van der Waals surface area contributed by atoms with Crippen molar-refractivity contribution in [2.45, 2.75) is 95.7 Å². The summed E-state index contributed by atoms with van der Waals surface area (Å²) in [5, 5.41) is 3.36. The Labute approximate surface area is 213 Å². The van der Waals surface area contributed by atoms with Crippen LogP contribution in [-0.4, -0.2) is 95.6 Å². The van der Waals surface area contributed by atoms with Crippen LogP contribution in [0.15, 0.2) is 0 Å². The summed E-state index contributed by atoms with van der Waals surface area (Å²) in [7, 11) is 1.60. The molecule has 10 heteroatoms. The molecule has 6 rings (SSSR count). The van der Waals surface area contributed by atoms with Gasteiger partial charge in [-0.3, -0.25) is 9.80 Å². The van der Waals surface area contributed by atoms with Crippen molar-refractivity contribution >= 4 is 11.9 Å². The van der Waals surface area contributed by atoms with Gasteiger partial charge in [-0.1, -0.05) is 0 Å². The minimum Gasteiger partial charge on any atom is -0.467 e. The van der Waals surface area contributed by atoms with Gasteiger partial charge in [-0.05, 0) is 72.4 Å². The van der Waals surface area contributed by atoms with Gasteiger partial charge in [-0.15, -0.1) is 0 Å². The predicted molar refractivity (Wildman–Crippen MR) is 135 cm³/mol. The number of nitrogens with one attached hydrogen (secondary N) is 1. The van der Waals surface area contributed by atoms with Crippen molar-refractivity contribution in [3.8, 4) is 6.01 Å². The molecule has 3 unspecified atom stereocenters. The number of anilines is 1. The molecule has 200 valence electrons. The molecule has 4 fully saturated rings. The highest BCUT2D eigenvalue weighted by Gasteiger charge is 2.45. The summed E-state index contributed by atoms with van der Waals surface area (Å²) < 4.78 is 23.6. The van der Waals surface area contributed by atoms with Crippen LogP contribution in [0.2, 0.25) is 0 Å². The fourth-order valence-corrected chi connectivity index (χ4v) is 6.39. The van der Waals surface area contributed by atoms with Crippen LogP contribution in [0, 0.1) is 0 Å². The number of fused-ring (bicyclic) bond motifs is 4. The Bertz CT molecular complexity index is 930. The number of hydrogen-bond acceptors (Lipinski definition) is 8. The highest BCUT2D eigenvalue weighted by molar-refractivity contribution is 5.70. The molecular weight excluding hydrogens is 463 g/mol. The number of carbonyl (C=O) groups is 1. The number of carbonyl (C=O) groups excluding carboxylic acids is 1. The lowest BCUT2D eigenvalue weighted by molar-refractivity contribution is 0.0122. The molecule has 4 saturated heterocycles. The molecule has 0 spiro atoms. The fourth-order valence-electron chi connectivity index (χ4n) is 6.39. The van der Waals surface area contributed by atoms with Crippen molar-refractivity contribution in [3.63, 3.8) is 0 Å². The van der Waals surface area contributed by atoms with Gasteiger partial charge in [0.1, 0.15) is 17.6 Å². The Balaban J connectivity index is 0.000000247. The van der Waals surface area contributed by atoms with E-state index >= 15 is 0 Å². The summed E-state index contributed by atoms with van der Waals surface area (Å²) in [5.74, 6) is 0.971. The van der Waals surface area contributed by atoms with Crippen molar-refractivity contribution in [2.24, 2.45) is 0 Å². The standard InChI is InChI=1S/C19H29N5O3.C7H12FN/c1-19(2,3)27-18(25)24-12-5-6-13(24)11-23(10-12)16-14-7-8-20-9-15(14)21-17(22-16)26-4;8-6-4-7-2-1-3-9(7)5-6/h12-13,20H,5-11H2,1-4H3;6-7H,1-5H2/t;6-,7?/m.1/s1. The van der Waals surface area contributed by atoms with Crippen LogP contribution in [0.3, 0.4) is 0 Å². The first kappa shape index (κ1) is 25.4. The minimum atomic E-state index is -0.518. The molecule has 4 atom stereocenters. The molecule has 6 heterocycles. The normalized spacial score (nSPS) is 29.4. The third-order valence-corrected chi connectivity index (χ3v) is 7.92. The van der Waals surface area contributed by atoms with Gasteiger partial charge in [0.2, 0.25) is 0 Å². The number of nitrogens with zero attached hydrogens (tertiary/aromatic N) is 5. The maximum Gasteiger partial charge on any atom is 0.410 e. The average Bonchev–Trinajstić information content (AvgIpc) is 3.48. The number of methoxy groups -OCH3 is 1. The smallest absolute Gasteiger partial charge is 0.410 e. The van der Waals surface area contributed by atoms with Gasteiger partial charge < -0.3 is 19.7 Å². The van der Waals surface area contributed by atoms with Crippen molar-refractivity contribution in [1.82, 2.24) is 25.1 Å². The molecule has 1 aromatic heterocycles. The van der Waals surface area contributed by atoms with E-state index < -0.39 is 11.8 Å². The topological polar surface area (TPSA) is 83.1 Å². The number of alkyl halides is 1. The largest absolute Gasteiger partial charge is 0.467 e. The Morgan fingerprint density at radius 3 is 2.50 bits per heavy atom. The third kappa shape index (κ3) is 5.39. The summed E-state index contributed by atoms with van der Waals surface area (Å²) in [6.07, 6.45) is 5.55. The summed E-state index contributed by atoms with van der Waals surface area (Å²) in [6.45, 7) is 10.8. The zero-order valence-corrected chi connectivity index (χ0v) is 22.1. The van der Waals surface area contributed by atoms with Gasteiger partial charge in [0.25, 0.3) is 0 Å². The molecule has 2 bridgehead atoms. The summed E-state index contributed by atoms with van der Waals surface area (Å²) in [5.41, 5.74) is 1.75. The lowest BCUT2D eigenvalue weighted by Gasteiger charge is -2.42. The second-order valence-electron chi connectivity index (χ2n) is 11.7. The van der Waals surface area contributed by atoms with Crippen molar-refractivity contribution in [1.29, 1.82) is 0 Å². The molecule has 9 nitrogen and oxygen atoms in total. The van der Waals surface area contributed by atoms with E-state index in [0.717, 1.165) is 69.9 Å². The Morgan fingerprint density at radius 1 is 1.08 bits per heavy atom. The van der Waals surface area contributed by atoms with E-state index in [1.807, 2.05) is 25.7 Å². The SMILES string of the molecule is COc1nc2c(c(N3CC4CCC(C3)N4C(=O)OC(C)(C)C)n1)CCNC2.F[C@@H]1CC2CCCN2C1. The molecule has 1 amide bonds. The van der Waals surface area contributed by atoms with Gasteiger partial charge in [-0.25, -0.2) is 9.18 Å².